The van der Waals surface area contributed by atoms with Crippen molar-refractivity contribution < 1.29 is 25.2 Å². The molecule has 0 aromatic heterocycles. The summed E-state index contributed by atoms with van der Waals surface area (Å²) in [7, 11) is 0. The van der Waals surface area contributed by atoms with Gasteiger partial charge in [-0.05, 0) is 17.0 Å². The first-order chi connectivity index (χ1) is 8.52. The van der Waals surface area contributed by atoms with Crippen molar-refractivity contribution in [2.24, 2.45) is 0 Å². The second-order valence-electron chi connectivity index (χ2n) is 3.95. The predicted octanol–water partition coefficient (Wildman–Crippen LogP) is 1.02. The van der Waals surface area contributed by atoms with Gasteiger partial charge in [-0.25, -0.2) is 4.79 Å². The first-order valence-electron chi connectivity index (χ1n) is 5.32. The van der Waals surface area contributed by atoms with Crippen molar-refractivity contribution in [2.45, 2.75) is 12.2 Å². The van der Waals surface area contributed by atoms with Gasteiger partial charge >= 0.3 is 5.97 Å². The number of rotatable bonds is 3. The first kappa shape index (κ1) is 12.3. The predicted molar refractivity (Wildman–Crippen MR) is 64.2 cm³/mol. The van der Waals surface area contributed by atoms with Gasteiger partial charge in [0.15, 0.2) is 6.10 Å². The second-order valence-corrected chi connectivity index (χ2v) is 3.95. The Morgan fingerprint density at radius 3 is 2.22 bits per heavy atom. The van der Waals surface area contributed by atoms with Gasteiger partial charge in [0.2, 0.25) is 0 Å². The minimum Gasteiger partial charge on any atom is -0.507 e. The van der Waals surface area contributed by atoms with Crippen LogP contribution in [0, 0.1) is 0 Å². The molecule has 0 spiro atoms. The van der Waals surface area contributed by atoms with Crippen molar-refractivity contribution in [1.29, 1.82) is 0 Å². The highest BCUT2D eigenvalue weighted by Gasteiger charge is 2.26. The maximum atomic E-state index is 10.7. The number of aliphatic hydroxyl groups is 2. The average Bonchev–Trinajstić information content (AvgIpc) is 2.38. The van der Waals surface area contributed by atoms with Gasteiger partial charge in [-0.2, -0.15) is 0 Å². The van der Waals surface area contributed by atoms with Crippen LogP contribution in [0.5, 0.6) is 5.75 Å². The molecule has 0 aliphatic rings. The Kier molecular flexibility index (Phi) is 3.18. The molecule has 0 amide bonds. The quantitative estimate of drug-likeness (QED) is 0.650. The largest absolute Gasteiger partial charge is 0.507 e. The Hall–Kier alpha value is -2.11. The van der Waals surface area contributed by atoms with Crippen LogP contribution in [0.3, 0.4) is 0 Å². The zero-order valence-electron chi connectivity index (χ0n) is 9.32. The van der Waals surface area contributed by atoms with Crippen LogP contribution in [-0.2, 0) is 4.79 Å². The monoisotopic (exact) mass is 248 g/mol. The normalized spacial score (nSPS) is 14.3. The van der Waals surface area contributed by atoms with Gasteiger partial charge < -0.3 is 20.4 Å². The number of hydrogen-bond donors (Lipinski definition) is 4. The van der Waals surface area contributed by atoms with Gasteiger partial charge in [0, 0.05) is 5.39 Å². The Labute approximate surface area is 103 Å². The van der Waals surface area contributed by atoms with Crippen LogP contribution in [0.4, 0.5) is 0 Å². The number of benzene rings is 2. The van der Waals surface area contributed by atoms with Crippen molar-refractivity contribution in [1.82, 2.24) is 0 Å². The molecule has 2 rings (SSSR count). The molecule has 5 heteroatoms. The van der Waals surface area contributed by atoms with Gasteiger partial charge in [0.05, 0.1) is 0 Å². The molecule has 94 valence electrons. The summed E-state index contributed by atoms with van der Waals surface area (Å²) in [4.78, 5) is 10.7. The summed E-state index contributed by atoms with van der Waals surface area (Å²) in [5.74, 6) is -1.47. The molecule has 2 aromatic rings. The molecule has 0 heterocycles. The number of fused-ring (bicyclic) bond motifs is 1. The molecular weight excluding hydrogens is 236 g/mol. The number of phenols is 1. The summed E-state index contributed by atoms with van der Waals surface area (Å²) >= 11 is 0. The van der Waals surface area contributed by atoms with Crippen molar-refractivity contribution in [3.63, 3.8) is 0 Å². The van der Waals surface area contributed by atoms with Crippen LogP contribution in [0.25, 0.3) is 10.8 Å². The molecule has 18 heavy (non-hydrogen) atoms. The minimum absolute atomic E-state index is 0.0337. The Bertz CT molecular complexity index is 593. The van der Waals surface area contributed by atoms with Crippen LogP contribution in [0.2, 0.25) is 0 Å². The standard InChI is InChI=1S/C13H12O5/c14-10-6-5-9(11(15)12(16)13(17)18)7-3-1-2-4-8(7)10/h1-6,11-12,14-16H,(H,17,18). The van der Waals surface area contributed by atoms with Crippen molar-refractivity contribution in [3.05, 3.63) is 42.0 Å². The molecule has 0 aliphatic heterocycles. The zero-order valence-corrected chi connectivity index (χ0v) is 9.32. The number of phenolic OH excluding ortho intramolecular Hbond substituents is 1. The molecule has 2 atom stereocenters. The highest BCUT2D eigenvalue weighted by atomic mass is 16.4. The molecule has 5 nitrogen and oxygen atoms in total. The van der Waals surface area contributed by atoms with Gasteiger partial charge in [0.25, 0.3) is 0 Å². The number of aliphatic hydroxyl groups excluding tert-OH is 2. The van der Waals surface area contributed by atoms with E-state index in [0.29, 0.717) is 10.8 Å². The molecular formula is C13H12O5. The van der Waals surface area contributed by atoms with E-state index in [0.717, 1.165) is 0 Å². The molecule has 0 saturated carbocycles. The molecule has 0 bridgehead atoms. The van der Waals surface area contributed by atoms with Crippen molar-refractivity contribution >= 4 is 16.7 Å². The van der Waals surface area contributed by atoms with Crippen molar-refractivity contribution in [3.8, 4) is 5.75 Å². The number of carboxylic acids is 1. The lowest BCUT2D eigenvalue weighted by Crippen LogP contribution is -2.27. The first-order valence-corrected chi connectivity index (χ1v) is 5.32. The summed E-state index contributed by atoms with van der Waals surface area (Å²) in [6.07, 6.45) is -3.45. The van der Waals surface area contributed by atoms with Crippen LogP contribution >= 0.6 is 0 Å². The fourth-order valence-corrected chi connectivity index (χ4v) is 1.87. The maximum absolute atomic E-state index is 10.7. The van der Waals surface area contributed by atoms with E-state index in [1.165, 1.54) is 12.1 Å². The minimum atomic E-state index is -1.90. The second kappa shape index (κ2) is 4.64. The highest BCUT2D eigenvalue weighted by Crippen LogP contribution is 2.31. The molecule has 0 fully saturated rings. The molecule has 0 radical (unpaired) electrons. The lowest BCUT2D eigenvalue weighted by atomic mass is 9.97. The molecule has 2 unspecified atom stereocenters. The van der Waals surface area contributed by atoms with E-state index in [2.05, 4.69) is 0 Å². The highest BCUT2D eigenvalue weighted by molar-refractivity contribution is 5.91. The topological polar surface area (TPSA) is 98.0 Å². The van der Waals surface area contributed by atoms with Gasteiger partial charge in [-0.15, -0.1) is 0 Å². The SMILES string of the molecule is O=C(O)C(O)C(O)c1ccc(O)c2ccccc12. The number of aliphatic carboxylic acids is 1. The van der Waals surface area contributed by atoms with Crippen LogP contribution in [0.1, 0.15) is 11.7 Å². The zero-order chi connectivity index (χ0) is 13.3. The molecule has 2 aromatic carbocycles. The average molecular weight is 248 g/mol. The van der Waals surface area contributed by atoms with E-state index in [4.69, 9.17) is 5.11 Å². The van der Waals surface area contributed by atoms with E-state index in [9.17, 15) is 20.1 Å². The molecule has 0 aliphatic carbocycles. The number of aromatic hydroxyl groups is 1. The lowest BCUT2D eigenvalue weighted by molar-refractivity contribution is -0.153. The van der Waals surface area contributed by atoms with Crippen molar-refractivity contribution in [2.75, 3.05) is 0 Å². The van der Waals surface area contributed by atoms with E-state index in [1.54, 1.807) is 24.3 Å². The number of hydrogen-bond acceptors (Lipinski definition) is 4. The summed E-state index contributed by atoms with van der Waals surface area (Å²) in [5, 5.41) is 38.5. The van der Waals surface area contributed by atoms with E-state index >= 15 is 0 Å². The summed E-state index contributed by atoms with van der Waals surface area (Å²) in [6.45, 7) is 0. The van der Waals surface area contributed by atoms with E-state index < -0.39 is 18.2 Å². The Morgan fingerprint density at radius 1 is 1.00 bits per heavy atom. The van der Waals surface area contributed by atoms with Crippen LogP contribution in [-0.4, -0.2) is 32.5 Å². The van der Waals surface area contributed by atoms with Gasteiger partial charge in [0.1, 0.15) is 11.9 Å². The van der Waals surface area contributed by atoms with E-state index in [-0.39, 0.29) is 11.3 Å². The summed E-state index contributed by atoms with van der Waals surface area (Å²) < 4.78 is 0. The van der Waals surface area contributed by atoms with Crippen LogP contribution in [0.15, 0.2) is 36.4 Å². The Balaban J connectivity index is 2.58. The maximum Gasteiger partial charge on any atom is 0.335 e. The third-order valence-electron chi connectivity index (χ3n) is 2.81. The van der Waals surface area contributed by atoms with E-state index in [1.807, 2.05) is 0 Å². The third-order valence-corrected chi connectivity index (χ3v) is 2.81. The summed E-state index contributed by atoms with van der Waals surface area (Å²) in [5.41, 5.74) is 0.262. The smallest absolute Gasteiger partial charge is 0.335 e. The molecule has 0 saturated heterocycles. The Morgan fingerprint density at radius 2 is 1.61 bits per heavy atom. The number of carboxylic acid groups (broad SMARTS) is 1. The summed E-state index contributed by atoms with van der Waals surface area (Å²) in [6, 6.07) is 9.46. The fourth-order valence-electron chi connectivity index (χ4n) is 1.87. The number of carbonyl (C=O) groups is 1. The third kappa shape index (κ3) is 2.01. The lowest BCUT2D eigenvalue weighted by Gasteiger charge is -2.17. The van der Waals surface area contributed by atoms with Gasteiger partial charge in [-0.1, -0.05) is 30.3 Å². The van der Waals surface area contributed by atoms with Gasteiger partial charge in [-0.3, -0.25) is 0 Å². The fraction of sp³-hybridized carbons (Fsp3) is 0.154. The molecule has 4 N–H and O–H groups in total. The van der Waals surface area contributed by atoms with Crippen LogP contribution < -0.4 is 0 Å².